The molecule has 0 N–H and O–H groups in total. The Kier molecular flexibility index (Phi) is 1.29. The molecular formula is C6H14NO+. The molecular weight excluding hydrogens is 102 g/mol. The predicted molar refractivity (Wildman–Crippen MR) is 32.4 cm³/mol. The Balaban J connectivity index is 2.54. The Morgan fingerprint density at radius 2 is 2.12 bits per heavy atom. The Hall–Kier alpha value is -0.0800. The van der Waals surface area contributed by atoms with Crippen LogP contribution in [0.1, 0.15) is 6.92 Å². The third kappa shape index (κ3) is 0.858. The second kappa shape index (κ2) is 1.71. The zero-order valence-electron chi connectivity index (χ0n) is 5.85. The fraction of sp³-hybridized carbons (Fsp3) is 1.00. The smallest absolute Gasteiger partial charge is 0.183 e. The molecule has 48 valence electrons. The highest BCUT2D eigenvalue weighted by atomic mass is 16.5. The van der Waals surface area contributed by atoms with Gasteiger partial charge < -0.3 is 9.22 Å². The average Bonchev–Trinajstić information content (AvgIpc) is 1.86. The van der Waals surface area contributed by atoms with E-state index in [4.69, 9.17) is 4.74 Å². The minimum Gasteiger partial charge on any atom is -0.326 e. The van der Waals surface area contributed by atoms with E-state index < -0.39 is 0 Å². The quantitative estimate of drug-likeness (QED) is 0.417. The summed E-state index contributed by atoms with van der Waals surface area (Å²) in [7, 11) is 4.38. The molecule has 0 saturated carbocycles. The zero-order chi connectivity index (χ0) is 6.20. The van der Waals surface area contributed by atoms with Gasteiger partial charge >= 0.3 is 0 Å². The lowest BCUT2D eigenvalue weighted by Gasteiger charge is -2.25. The third-order valence-electron chi connectivity index (χ3n) is 1.98. The Morgan fingerprint density at radius 3 is 2.25 bits per heavy atom. The van der Waals surface area contributed by atoms with Gasteiger partial charge in [-0.05, 0) is 6.92 Å². The van der Waals surface area contributed by atoms with Crippen LogP contribution in [0.3, 0.4) is 0 Å². The first-order valence-electron chi connectivity index (χ1n) is 3.03. The summed E-state index contributed by atoms with van der Waals surface area (Å²) in [5.74, 6) is 0. The molecule has 0 bridgehead atoms. The van der Waals surface area contributed by atoms with E-state index >= 15 is 0 Å². The topological polar surface area (TPSA) is 9.23 Å². The molecule has 0 aromatic heterocycles. The zero-order valence-corrected chi connectivity index (χ0v) is 5.85. The highest BCUT2D eigenvalue weighted by molar-refractivity contribution is 4.50. The number of rotatable bonds is 0. The Morgan fingerprint density at radius 1 is 1.50 bits per heavy atom. The molecule has 0 radical (unpaired) electrons. The fourth-order valence-electron chi connectivity index (χ4n) is 0.788. The summed E-state index contributed by atoms with van der Waals surface area (Å²) in [5, 5.41) is 0. The highest BCUT2D eigenvalue weighted by Gasteiger charge is 2.30. The minimum absolute atomic E-state index is 0.676. The molecule has 1 saturated heterocycles. The second-order valence-corrected chi connectivity index (χ2v) is 3.13. The van der Waals surface area contributed by atoms with E-state index in [1.807, 2.05) is 0 Å². The summed E-state index contributed by atoms with van der Waals surface area (Å²) in [6.07, 6.45) is 0. The van der Waals surface area contributed by atoms with Gasteiger partial charge in [-0.3, -0.25) is 0 Å². The van der Waals surface area contributed by atoms with Crippen molar-refractivity contribution in [3.05, 3.63) is 0 Å². The number of quaternary nitrogens is 1. The molecule has 0 amide bonds. The van der Waals surface area contributed by atoms with Gasteiger partial charge in [0.15, 0.2) is 6.73 Å². The van der Waals surface area contributed by atoms with E-state index in [1.165, 1.54) is 0 Å². The van der Waals surface area contributed by atoms with E-state index in [0.29, 0.717) is 6.04 Å². The molecule has 1 atom stereocenters. The molecule has 0 aromatic rings. The highest BCUT2D eigenvalue weighted by Crippen LogP contribution is 2.13. The molecule has 1 unspecified atom stereocenters. The molecule has 1 fully saturated rings. The van der Waals surface area contributed by atoms with E-state index in [0.717, 1.165) is 17.8 Å². The van der Waals surface area contributed by atoms with Crippen molar-refractivity contribution >= 4 is 0 Å². The van der Waals surface area contributed by atoms with Crippen molar-refractivity contribution in [2.75, 3.05) is 27.4 Å². The first-order chi connectivity index (χ1) is 3.63. The van der Waals surface area contributed by atoms with Crippen LogP contribution in [0, 0.1) is 0 Å². The van der Waals surface area contributed by atoms with Crippen LogP contribution >= 0.6 is 0 Å². The van der Waals surface area contributed by atoms with E-state index in [2.05, 4.69) is 21.0 Å². The molecule has 2 heteroatoms. The Bertz CT molecular complexity index is 90.5. The van der Waals surface area contributed by atoms with Crippen molar-refractivity contribution in [2.45, 2.75) is 13.0 Å². The van der Waals surface area contributed by atoms with Crippen LogP contribution < -0.4 is 0 Å². The summed E-state index contributed by atoms with van der Waals surface area (Å²) in [4.78, 5) is 0. The van der Waals surface area contributed by atoms with Crippen molar-refractivity contribution in [1.82, 2.24) is 0 Å². The Labute approximate surface area is 50.6 Å². The van der Waals surface area contributed by atoms with Gasteiger partial charge in [0.2, 0.25) is 0 Å². The van der Waals surface area contributed by atoms with Gasteiger partial charge in [-0.15, -0.1) is 0 Å². The standard InChI is InChI=1S/C6H14NO/c1-6-4-8-5-7(6,2)3/h6H,4-5H2,1-3H3/q+1. The van der Waals surface area contributed by atoms with Gasteiger partial charge in [-0.2, -0.15) is 0 Å². The van der Waals surface area contributed by atoms with Crippen molar-refractivity contribution < 1.29 is 9.22 Å². The van der Waals surface area contributed by atoms with Crippen molar-refractivity contribution in [1.29, 1.82) is 0 Å². The molecule has 1 heterocycles. The lowest BCUT2D eigenvalue weighted by molar-refractivity contribution is -0.907. The monoisotopic (exact) mass is 116 g/mol. The number of likely N-dealkylation sites (N-methyl/N-ethyl adjacent to an activating group) is 1. The maximum absolute atomic E-state index is 5.24. The van der Waals surface area contributed by atoms with Gasteiger partial charge in [0.1, 0.15) is 12.6 Å². The summed E-state index contributed by atoms with van der Waals surface area (Å²) in [6, 6.07) is 0.676. The molecule has 8 heavy (non-hydrogen) atoms. The second-order valence-electron chi connectivity index (χ2n) is 3.13. The molecule has 2 nitrogen and oxygen atoms in total. The summed E-state index contributed by atoms with van der Waals surface area (Å²) in [5.41, 5.74) is 0. The average molecular weight is 116 g/mol. The molecule has 0 spiro atoms. The van der Waals surface area contributed by atoms with Crippen LogP contribution in [0.2, 0.25) is 0 Å². The SMILES string of the molecule is CC1COC[N+]1(C)C. The normalized spacial score (nSPS) is 35.6. The largest absolute Gasteiger partial charge is 0.326 e. The minimum atomic E-state index is 0.676. The summed E-state index contributed by atoms with van der Waals surface area (Å²) < 4.78 is 6.26. The molecule has 1 aliphatic heterocycles. The van der Waals surface area contributed by atoms with Crippen molar-refractivity contribution in [3.63, 3.8) is 0 Å². The van der Waals surface area contributed by atoms with Crippen LogP contribution in [0.25, 0.3) is 0 Å². The lowest BCUT2D eigenvalue weighted by atomic mass is 10.3. The van der Waals surface area contributed by atoms with Crippen LogP contribution in [-0.4, -0.2) is 38.0 Å². The van der Waals surface area contributed by atoms with Crippen molar-refractivity contribution in [3.8, 4) is 0 Å². The molecule has 1 rings (SSSR count). The first-order valence-corrected chi connectivity index (χ1v) is 3.03. The first kappa shape index (κ1) is 6.05. The third-order valence-corrected chi connectivity index (χ3v) is 1.98. The number of hydrogen-bond acceptors (Lipinski definition) is 1. The summed E-state index contributed by atoms with van der Waals surface area (Å²) >= 11 is 0. The molecule has 0 aromatic carbocycles. The van der Waals surface area contributed by atoms with Crippen LogP contribution in [-0.2, 0) is 4.74 Å². The van der Waals surface area contributed by atoms with E-state index in [9.17, 15) is 0 Å². The van der Waals surface area contributed by atoms with Crippen LogP contribution in [0.5, 0.6) is 0 Å². The lowest BCUT2D eigenvalue weighted by Crippen LogP contribution is -2.42. The van der Waals surface area contributed by atoms with E-state index in [1.54, 1.807) is 0 Å². The summed E-state index contributed by atoms with van der Waals surface area (Å²) in [6.45, 7) is 4.02. The maximum atomic E-state index is 5.24. The molecule has 1 aliphatic rings. The van der Waals surface area contributed by atoms with Gasteiger partial charge in [0.05, 0.1) is 14.1 Å². The molecule has 0 aliphatic carbocycles. The van der Waals surface area contributed by atoms with Gasteiger partial charge in [-0.25, -0.2) is 0 Å². The van der Waals surface area contributed by atoms with Gasteiger partial charge in [0.25, 0.3) is 0 Å². The van der Waals surface area contributed by atoms with E-state index in [-0.39, 0.29) is 0 Å². The maximum Gasteiger partial charge on any atom is 0.183 e. The number of hydrogen-bond donors (Lipinski definition) is 0. The van der Waals surface area contributed by atoms with Crippen LogP contribution in [0.4, 0.5) is 0 Å². The van der Waals surface area contributed by atoms with Crippen LogP contribution in [0.15, 0.2) is 0 Å². The number of ether oxygens (including phenoxy) is 1. The number of nitrogens with zero attached hydrogens (tertiary/aromatic N) is 1. The predicted octanol–water partition coefficient (Wildman–Crippen LogP) is 0.439. The van der Waals surface area contributed by atoms with Crippen molar-refractivity contribution in [2.24, 2.45) is 0 Å². The van der Waals surface area contributed by atoms with Gasteiger partial charge in [-0.1, -0.05) is 0 Å². The fourth-order valence-corrected chi connectivity index (χ4v) is 0.788. The van der Waals surface area contributed by atoms with Gasteiger partial charge in [0, 0.05) is 0 Å².